The molecule has 0 saturated heterocycles. The van der Waals surface area contributed by atoms with Crippen molar-refractivity contribution < 1.29 is 24.2 Å². The maximum absolute atomic E-state index is 11.4. The molecule has 9 nitrogen and oxygen atoms in total. The maximum Gasteiger partial charge on any atom is 0.248 e. The van der Waals surface area contributed by atoms with Crippen LogP contribution in [0.4, 0.5) is 11.4 Å². The Morgan fingerprint density at radius 1 is 0.976 bits per heavy atom. The fourth-order valence-electron chi connectivity index (χ4n) is 4.49. The van der Waals surface area contributed by atoms with Gasteiger partial charge in [0.05, 0.1) is 11.8 Å². The average Bonchev–Trinajstić information content (AvgIpc) is 3.01. The van der Waals surface area contributed by atoms with E-state index in [-0.39, 0.29) is 0 Å². The minimum atomic E-state index is -0.695. The van der Waals surface area contributed by atoms with Gasteiger partial charge in [-0.15, -0.1) is 0 Å². The Labute approximate surface area is 249 Å². The number of carbonyl (C=O) groups is 2. The normalized spacial score (nSPS) is 11.6. The molecule has 0 aliphatic carbocycles. The Bertz CT molecular complexity index is 1220. The summed E-state index contributed by atoms with van der Waals surface area (Å²) < 4.78 is 11.7. The van der Waals surface area contributed by atoms with Crippen molar-refractivity contribution in [3.63, 3.8) is 0 Å². The zero-order chi connectivity index (χ0) is 30.0. The van der Waals surface area contributed by atoms with Crippen LogP contribution in [0.2, 0.25) is 0 Å². The molecule has 0 bridgehead atoms. The van der Waals surface area contributed by atoms with E-state index in [1.54, 1.807) is 18.2 Å². The van der Waals surface area contributed by atoms with Gasteiger partial charge in [0, 0.05) is 44.6 Å². The third-order valence-electron chi connectivity index (χ3n) is 6.92. The summed E-state index contributed by atoms with van der Waals surface area (Å²) in [5, 5.41) is 16.6. The summed E-state index contributed by atoms with van der Waals surface area (Å²) in [5.74, 6) is 0.135. The number of nitrogens with one attached hydrogen (secondary N) is 2. The quantitative estimate of drug-likeness (QED) is 0.107. The molecule has 0 fully saturated rings. The fraction of sp³-hybridized carbons (Fsp3) is 0.394. The molecule has 0 saturated carbocycles. The highest BCUT2D eigenvalue weighted by molar-refractivity contribution is 5.93. The van der Waals surface area contributed by atoms with Gasteiger partial charge in [-0.3, -0.25) is 9.59 Å². The third-order valence-corrected chi connectivity index (χ3v) is 6.92. The number of primary amides is 1. The van der Waals surface area contributed by atoms with Gasteiger partial charge in [-0.25, -0.2) is 0 Å². The summed E-state index contributed by atoms with van der Waals surface area (Å²) in [5.41, 5.74) is 9.11. The second-order valence-electron chi connectivity index (χ2n) is 10.2. The number of ether oxygens (including phenoxy) is 2. The first kappa shape index (κ1) is 32.6. The van der Waals surface area contributed by atoms with Gasteiger partial charge in [-0.05, 0) is 67.3 Å². The molecule has 226 valence electrons. The number of unbranched alkanes of at least 4 members (excludes halogenated alkanes) is 3. The number of nitrogens with zero attached hydrogens (tertiary/aromatic N) is 1. The van der Waals surface area contributed by atoms with Crippen LogP contribution < -0.4 is 26.0 Å². The molecule has 1 atom stereocenters. The molecule has 0 aliphatic heterocycles. The monoisotopic (exact) mass is 576 g/mol. The number of benzene rings is 3. The lowest BCUT2D eigenvalue weighted by Crippen LogP contribution is -2.22. The van der Waals surface area contributed by atoms with Gasteiger partial charge in [0.25, 0.3) is 0 Å². The van der Waals surface area contributed by atoms with Gasteiger partial charge >= 0.3 is 0 Å². The van der Waals surface area contributed by atoms with E-state index in [1.165, 1.54) is 0 Å². The summed E-state index contributed by atoms with van der Waals surface area (Å²) >= 11 is 0. The zero-order valence-corrected chi connectivity index (χ0v) is 24.5. The number of aliphatic hydroxyl groups is 1. The highest BCUT2D eigenvalue weighted by Crippen LogP contribution is 2.29. The molecule has 0 aromatic heterocycles. The Hall–Kier alpha value is -3.92. The average molecular weight is 577 g/mol. The van der Waals surface area contributed by atoms with Crippen LogP contribution >= 0.6 is 0 Å². The summed E-state index contributed by atoms with van der Waals surface area (Å²) in [7, 11) is 1.99. The van der Waals surface area contributed by atoms with Crippen molar-refractivity contribution in [2.45, 2.75) is 44.8 Å². The Balaban J connectivity index is 1.23. The van der Waals surface area contributed by atoms with Crippen molar-refractivity contribution in [3.05, 3.63) is 89.5 Å². The topological polar surface area (TPSA) is 126 Å². The van der Waals surface area contributed by atoms with Crippen LogP contribution in [0.25, 0.3) is 0 Å². The number of nitrogens with two attached hydrogens (primary N) is 1. The molecule has 2 amide bonds. The lowest BCUT2D eigenvalue weighted by molar-refractivity contribution is -0.105. The van der Waals surface area contributed by atoms with Gasteiger partial charge in [0.1, 0.15) is 12.4 Å². The van der Waals surface area contributed by atoms with Crippen LogP contribution in [0.5, 0.6) is 5.75 Å². The molecule has 3 rings (SSSR count). The van der Waals surface area contributed by atoms with Crippen LogP contribution in [-0.4, -0.2) is 57.3 Å². The third kappa shape index (κ3) is 11.5. The number of anilines is 2. The van der Waals surface area contributed by atoms with E-state index in [4.69, 9.17) is 15.2 Å². The molecule has 0 unspecified atom stereocenters. The minimum absolute atomic E-state index is 0.387. The van der Waals surface area contributed by atoms with E-state index in [0.717, 1.165) is 63.1 Å². The van der Waals surface area contributed by atoms with Gasteiger partial charge in [-0.2, -0.15) is 0 Å². The predicted octanol–water partition coefficient (Wildman–Crippen LogP) is 4.66. The van der Waals surface area contributed by atoms with Crippen molar-refractivity contribution >= 4 is 23.7 Å². The number of hydrogen-bond donors (Lipinski definition) is 4. The smallest absolute Gasteiger partial charge is 0.248 e. The van der Waals surface area contributed by atoms with Crippen molar-refractivity contribution in [3.8, 4) is 5.75 Å². The minimum Gasteiger partial charge on any atom is -0.487 e. The standard InChI is InChI=1S/C33H44N4O5/c1-37(29-14-9-13-28(21-29)33(34)40)18-10-20-41-19-8-3-2-7-17-35-23-31(39)27-15-16-32(30(22-27)36-25-38)42-24-26-11-5-4-6-12-26/h4-6,9,11-16,21-22,25,31,35,39H,2-3,7-8,10,17-20,23-24H2,1H3,(H2,34,40)(H,36,38)/t31-/m0/s1. The zero-order valence-electron chi connectivity index (χ0n) is 24.5. The molecule has 9 heteroatoms. The molecule has 0 heterocycles. The number of carbonyl (C=O) groups excluding carboxylic acids is 2. The molecular formula is C33H44N4O5. The number of aliphatic hydroxyl groups excluding tert-OH is 1. The first-order valence-corrected chi connectivity index (χ1v) is 14.6. The van der Waals surface area contributed by atoms with Crippen molar-refractivity contribution in [2.24, 2.45) is 5.73 Å². The van der Waals surface area contributed by atoms with E-state index in [0.29, 0.717) is 48.7 Å². The molecule has 42 heavy (non-hydrogen) atoms. The van der Waals surface area contributed by atoms with Crippen LogP contribution in [0, 0.1) is 0 Å². The van der Waals surface area contributed by atoms with Crippen LogP contribution in [0.15, 0.2) is 72.8 Å². The molecule has 0 aliphatic rings. The highest BCUT2D eigenvalue weighted by atomic mass is 16.5. The molecule has 0 spiro atoms. The molecule has 3 aromatic carbocycles. The van der Waals surface area contributed by atoms with E-state index in [1.807, 2.05) is 61.6 Å². The maximum atomic E-state index is 11.4. The Morgan fingerprint density at radius 2 is 1.76 bits per heavy atom. The molecule has 3 aromatic rings. The van der Waals surface area contributed by atoms with Crippen LogP contribution in [0.3, 0.4) is 0 Å². The predicted molar refractivity (Wildman–Crippen MR) is 167 cm³/mol. The first-order chi connectivity index (χ1) is 20.5. The van der Waals surface area contributed by atoms with Crippen molar-refractivity contribution in [2.75, 3.05) is 50.1 Å². The lowest BCUT2D eigenvalue weighted by atomic mass is 10.1. The summed E-state index contributed by atoms with van der Waals surface area (Å²) in [6.45, 7) is 3.91. The fourth-order valence-corrected chi connectivity index (χ4v) is 4.49. The lowest BCUT2D eigenvalue weighted by Gasteiger charge is -2.19. The number of amides is 2. The van der Waals surface area contributed by atoms with Crippen LogP contribution in [0.1, 0.15) is 59.7 Å². The molecule has 0 radical (unpaired) electrons. The van der Waals surface area contributed by atoms with Gasteiger partial charge in [0.15, 0.2) is 0 Å². The summed E-state index contributed by atoms with van der Waals surface area (Å²) in [4.78, 5) is 24.6. The first-order valence-electron chi connectivity index (χ1n) is 14.6. The van der Waals surface area contributed by atoms with E-state index >= 15 is 0 Å². The summed E-state index contributed by atoms with van der Waals surface area (Å²) in [6.07, 6.45) is 5.04. The largest absolute Gasteiger partial charge is 0.487 e. The second kappa shape index (κ2) is 18.5. The van der Waals surface area contributed by atoms with E-state index in [2.05, 4.69) is 15.5 Å². The molecule has 5 N–H and O–H groups in total. The Kier molecular flexibility index (Phi) is 14.4. The number of rotatable bonds is 21. The molecular weight excluding hydrogens is 532 g/mol. The van der Waals surface area contributed by atoms with Crippen molar-refractivity contribution in [1.82, 2.24) is 5.32 Å². The van der Waals surface area contributed by atoms with E-state index < -0.39 is 12.0 Å². The van der Waals surface area contributed by atoms with Gasteiger partial charge in [0.2, 0.25) is 12.3 Å². The van der Waals surface area contributed by atoms with Crippen LogP contribution in [-0.2, 0) is 16.1 Å². The Morgan fingerprint density at radius 3 is 2.55 bits per heavy atom. The number of hydrogen-bond acceptors (Lipinski definition) is 7. The second-order valence-corrected chi connectivity index (χ2v) is 10.2. The SMILES string of the molecule is CN(CCCOCCCCCCNC[C@H](O)c1ccc(OCc2ccccc2)c(NC=O)c1)c1cccc(C(N)=O)c1. The highest BCUT2D eigenvalue weighted by Gasteiger charge is 2.12. The van der Waals surface area contributed by atoms with Crippen molar-refractivity contribution in [1.29, 1.82) is 0 Å². The van der Waals surface area contributed by atoms with Gasteiger partial charge < -0.3 is 35.8 Å². The summed E-state index contributed by atoms with van der Waals surface area (Å²) in [6, 6.07) is 22.5. The van der Waals surface area contributed by atoms with E-state index in [9.17, 15) is 14.7 Å². The van der Waals surface area contributed by atoms with Gasteiger partial charge in [-0.1, -0.05) is 55.3 Å².